The quantitative estimate of drug-likeness (QED) is 0.226. The fraction of sp³-hybridized carbons (Fsp3) is 0.200. The summed E-state index contributed by atoms with van der Waals surface area (Å²) in [6, 6.07) is 23.2. The molecule has 0 aliphatic heterocycles. The fourth-order valence-corrected chi connectivity index (χ4v) is 4.00. The molecule has 0 atom stereocenters. The lowest BCUT2D eigenvalue weighted by atomic mass is 10.1. The normalized spacial score (nSPS) is 11.2. The monoisotopic (exact) mass is 479 g/mol. The van der Waals surface area contributed by atoms with Gasteiger partial charge < -0.3 is 19.4 Å². The number of rotatable bonds is 9. The first-order valence-corrected chi connectivity index (χ1v) is 11.9. The fourth-order valence-electron chi connectivity index (χ4n) is 4.00. The highest BCUT2D eigenvalue weighted by molar-refractivity contribution is 6.10. The van der Waals surface area contributed by atoms with Crippen LogP contribution in [0.2, 0.25) is 0 Å². The van der Waals surface area contributed by atoms with Crippen molar-refractivity contribution in [3.63, 3.8) is 0 Å². The number of hydrogen-bond acceptors (Lipinski definition) is 4. The third-order valence-corrected chi connectivity index (χ3v) is 5.84. The maximum atomic E-state index is 12.8. The average molecular weight is 480 g/mol. The average Bonchev–Trinajstić information content (AvgIpc) is 3.23. The van der Waals surface area contributed by atoms with E-state index in [2.05, 4.69) is 22.0 Å². The van der Waals surface area contributed by atoms with E-state index in [0.717, 1.165) is 39.1 Å². The smallest absolute Gasteiger partial charge is 0.266 e. The van der Waals surface area contributed by atoms with Gasteiger partial charge in [0.15, 0.2) is 0 Å². The molecule has 4 rings (SSSR count). The van der Waals surface area contributed by atoms with Crippen molar-refractivity contribution < 1.29 is 14.3 Å². The van der Waals surface area contributed by atoms with Gasteiger partial charge in [-0.15, -0.1) is 0 Å². The Bertz CT molecular complexity index is 1440. The number of aromatic nitrogens is 1. The molecule has 0 spiro atoms. The Morgan fingerprint density at radius 1 is 1.06 bits per heavy atom. The molecule has 4 aromatic rings. The summed E-state index contributed by atoms with van der Waals surface area (Å²) in [5, 5.41) is 13.5. The molecule has 0 radical (unpaired) electrons. The van der Waals surface area contributed by atoms with Crippen LogP contribution in [0.1, 0.15) is 23.6 Å². The minimum atomic E-state index is -0.461. The standard InChI is InChI=1S/C30H29N3O3/c1-4-35-26-13-11-25(12-14-26)32-30(34)23(19-31)18-24-20-33(28-8-6-5-7-27(24)28)15-16-36-29-17-21(2)9-10-22(29)3/h5-14,17-18,20H,4,15-16H2,1-3H3,(H,32,34)/b23-18-. The van der Waals surface area contributed by atoms with Crippen LogP contribution in [0.15, 0.2) is 78.5 Å². The Morgan fingerprint density at radius 3 is 2.58 bits per heavy atom. The van der Waals surface area contributed by atoms with Gasteiger partial charge in [-0.2, -0.15) is 5.26 Å². The number of hydrogen-bond donors (Lipinski definition) is 1. The van der Waals surface area contributed by atoms with Gasteiger partial charge in [0, 0.05) is 28.4 Å². The van der Waals surface area contributed by atoms with Crippen LogP contribution in [0, 0.1) is 25.2 Å². The first kappa shape index (κ1) is 24.6. The van der Waals surface area contributed by atoms with Crippen molar-refractivity contribution in [3.8, 4) is 17.6 Å². The number of para-hydroxylation sites is 1. The molecule has 0 unspecified atom stereocenters. The number of carbonyl (C=O) groups excluding carboxylic acids is 1. The van der Waals surface area contributed by atoms with E-state index in [9.17, 15) is 10.1 Å². The van der Waals surface area contributed by atoms with Crippen molar-refractivity contribution in [1.29, 1.82) is 5.26 Å². The van der Waals surface area contributed by atoms with Crippen molar-refractivity contribution in [2.24, 2.45) is 0 Å². The summed E-state index contributed by atoms with van der Waals surface area (Å²) in [6.45, 7) is 7.68. The summed E-state index contributed by atoms with van der Waals surface area (Å²) < 4.78 is 13.6. The molecule has 0 saturated carbocycles. The number of anilines is 1. The maximum Gasteiger partial charge on any atom is 0.266 e. The van der Waals surface area contributed by atoms with Gasteiger partial charge in [0.05, 0.1) is 13.2 Å². The van der Waals surface area contributed by atoms with E-state index < -0.39 is 5.91 Å². The van der Waals surface area contributed by atoms with Gasteiger partial charge in [-0.05, 0) is 74.4 Å². The third-order valence-electron chi connectivity index (χ3n) is 5.84. The van der Waals surface area contributed by atoms with Crippen LogP contribution in [0.25, 0.3) is 17.0 Å². The number of nitrogens with one attached hydrogen (secondary N) is 1. The molecule has 0 bridgehead atoms. The van der Waals surface area contributed by atoms with Crippen LogP contribution >= 0.6 is 0 Å². The van der Waals surface area contributed by atoms with Crippen LogP contribution in [0.4, 0.5) is 5.69 Å². The Morgan fingerprint density at radius 2 is 1.83 bits per heavy atom. The number of benzene rings is 3. The summed E-state index contributed by atoms with van der Waals surface area (Å²) in [6.07, 6.45) is 3.59. The van der Waals surface area contributed by atoms with Crippen LogP contribution in [-0.2, 0) is 11.3 Å². The van der Waals surface area contributed by atoms with Gasteiger partial charge in [0.25, 0.3) is 5.91 Å². The van der Waals surface area contributed by atoms with E-state index in [-0.39, 0.29) is 5.57 Å². The highest BCUT2D eigenvalue weighted by Crippen LogP contribution is 2.25. The van der Waals surface area contributed by atoms with Gasteiger partial charge in [-0.25, -0.2) is 0 Å². The molecule has 1 N–H and O–H groups in total. The zero-order valence-corrected chi connectivity index (χ0v) is 20.7. The van der Waals surface area contributed by atoms with Crippen molar-refractivity contribution in [1.82, 2.24) is 4.57 Å². The summed E-state index contributed by atoms with van der Waals surface area (Å²) in [7, 11) is 0. The molecule has 0 aliphatic carbocycles. The second-order valence-corrected chi connectivity index (χ2v) is 8.49. The van der Waals surface area contributed by atoms with E-state index >= 15 is 0 Å². The van der Waals surface area contributed by atoms with E-state index in [1.165, 1.54) is 0 Å². The number of aryl methyl sites for hydroxylation is 2. The van der Waals surface area contributed by atoms with Gasteiger partial charge in [-0.3, -0.25) is 4.79 Å². The van der Waals surface area contributed by atoms with Crippen LogP contribution in [0.5, 0.6) is 11.5 Å². The van der Waals surface area contributed by atoms with E-state index in [1.54, 1.807) is 30.3 Å². The molecule has 36 heavy (non-hydrogen) atoms. The first-order valence-electron chi connectivity index (χ1n) is 11.9. The van der Waals surface area contributed by atoms with Crippen molar-refractivity contribution >= 4 is 28.6 Å². The number of nitriles is 1. The number of ether oxygens (including phenoxy) is 2. The molecule has 182 valence electrons. The molecule has 0 fully saturated rings. The second kappa shape index (κ2) is 11.3. The third kappa shape index (κ3) is 5.76. The predicted molar refractivity (Wildman–Crippen MR) is 143 cm³/mol. The minimum Gasteiger partial charge on any atom is -0.494 e. The Labute approximate surface area is 211 Å². The summed E-state index contributed by atoms with van der Waals surface area (Å²) in [4.78, 5) is 12.8. The second-order valence-electron chi connectivity index (χ2n) is 8.49. The Kier molecular flexibility index (Phi) is 7.72. The highest BCUT2D eigenvalue weighted by atomic mass is 16.5. The lowest BCUT2D eigenvalue weighted by Gasteiger charge is -2.11. The van der Waals surface area contributed by atoms with Crippen molar-refractivity contribution in [3.05, 3.63) is 95.2 Å². The topological polar surface area (TPSA) is 76.3 Å². The number of nitrogens with zero attached hydrogens (tertiary/aromatic N) is 2. The molecule has 0 aliphatic rings. The first-order chi connectivity index (χ1) is 17.5. The molecule has 1 heterocycles. The molecule has 6 nitrogen and oxygen atoms in total. The number of carbonyl (C=O) groups is 1. The maximum absolute atomic E-state index is 12.8. The Hall–Kier alpha value is -4.50. The summed E-state index contributed by atoms with van der Waals surface area (Å²) >= 11 is 0. The van der Waals surface area contributed by atoms with Gasteiger partial charge >= 0.3 is 0 Å². The van der Waals surface area contributed by atoms with E-state index in [0.29, 0.717) is 25.4 Å². The summed E-state index contributed by atoms with van der Waals surface area (Å²) in [5.74, 6) is 1.14. The lowest BCUT2D eigenvalue weighted by Crippen LogP contribution is -2.13. The lowest BCUT2D eigenvalue weighted by molar-refractivity contribution is -0.112. The number of amides is 1. The largest absolute Gasteiger partial charge is 0.494 e. The van der Waals surface area contributed by atoms with Crippen molar-refractivity contribution in [2.45, 2.75) is 27.3 Å². The van der Waals surface area contributed by atoms with Crippen LogP contribution in [0.3, 0.4) is 0 Å². The van der Waals surface area contributed by atoms with E-state index in [1.807, 2.05) is 63.4 Å². The van der Waals surface area contributed by atoms with Gasteiger partial charge in [0.2, 0.25) is 0 Å². The molecule has 6 heteroatoms. The Balaban J connectivity index is 1.52. The van der Waals surface area contributed by atoms with Crippen LogP contribution < -0.4 is 14.8 Å². The van der Waals surface area contributed by atoms with Crippen LogP contribution in [-0.4, -0.2) is 23.7 Å². The predicted octanol–water partition coefficient (Wildman–Crippen LogP) is 6.28. The molecular weight excluding hydrogens is 450 g/mol. The highest BCUT2D eigenvalue weighted by Gasteiger charge is 2.13. The molecular formula is C30H29N3O3. The molecule has 1 amide bonds. The minimum absolute atomic E-state index is 0.0263. The summed E-state index contributed by atoms with van der Waals surface area (Å²) in [5.41, 5.74) is 4.68. The van der Waals surface area contributed by atoms with Gasteiger partial charge in [-0.1, -0.05) is 30.3 Å². The number of fused-ring (bicyclic) bond motifs is 1. The molecule has 1 aromatic heterocycles. The zero-order valence-electron chi connectivity index (χ0n) is 20.7. The van der Waals surface area contributed by atoms with Crippen molar-refractivity contribution in [2.75, 3.05) is 18.5 Å². The zero-order chi connectivity index (χ0) is 25.5. The van der Waals surface area contributed by atoms with E-state index in [4.69, 9.17) is 9.47 Å². The molecule has 0 saturated heterocycles. The SMILES string of the molecule is CCOc1ccc(NC(=O)/C(C#N)=C\c2cn(CCOc3cc(C)ccc3C)c3ccccc23)cc1. The molecule has 3 aromatic carbocycles. The van der Waals surface area contributed by atoms with Gasteiger partial charge in [0.1, 0.15) is 29.7 Å².